The molecule has 6 nitrogen and oxygen atoms in total. The van der Waals surface area contributed by atoms with Crippen LogP contribution in [0.2, 0.25) is 10.0 Å². The van der Waals surface area contributed by atoms with E-state index in [-0.39, 0.29) is 33.0 Å². The molecule has 10 heteroatoms. The summed E-state index contributed by atoms with van der Waals surface area (Å²) in [6.45, 7) is 6.02. The second-order valence-corrected chi connectivity index (χ2v) is 13.0. The van der Waals surface area contributed by atoms with Crippen LogP contribution < -0.4 is 16.0 Å². The molecule has 1 saturated carbocycles. The molecular weight excluding hydrogens is 547 g/mol. The molecule has 2 amide bonds. The highest BCUT2D eigenvalue weighted by atomic mass is 35.5. The Morgan fingerprint density at radius 2 is 1.82 bits per heavy atom. The first-order valence-corrected chi connectivity index (χ1v) is 14.1. The van der Waals surface area contributed by atoms with Crippen LogP contribution in [-0.2, 0) is 15.0 Å². The Morgan fingerprint density at radius 3 is 2.49 bits per heavy atom. The van der Waals surface area contributed by atoms with Gasteiger partial charge in [-0.2, -0.15) is 0 Å². The summed E-state index contributed by atoms with van der Waals surface area (Å²) in [7, 11) is 0. The first-order valence-electron chi connectivity index (χ1n) is 13.3. The van der Waals surface area contributed by atoms with Crippen molar-refractivity contribution in [2.24, 2.45) is 5.41 Å². The van der Waals surface area contributed by atoms with E-state index >= 15 is 4.39 Å². The van der Waals surface area contributed by atoms with Gasteiger partial charge in [-0.05, 0) is 66.8 Å². The van der Waals surface area contributed by atoms with Crippen molar-refractivity contribution in [3.8, 4) is 0 Å². The van der Waals surface area contributed by atoms with Gasteiger partial charge in [0, 0.05) is 23.7 Å². The molecule has 2 fully saturated rings. The molecule has 4 N–H and O–H groups in total. The van der Waals surface area contributed by atoms with Crippen molar-refractivity contribution >= 4 is 40.7 Å². The Labute approximate surface area is 236 Å². The normalized spacial score (nSPS) is 30.4. The van der Waals surface area contributed by atoms with Gasteiger partial charge in [0.15, 0.2) is 0 Å². The maximum Gasteiger partial charge on any atom is 0.238 e. The van der Waals surface area contributed by atoms with E-state index in [4.69, 9.17) is 23.2 Å². The smallest absolute Gasteiger partial charge is 0.238 e. The summed E-state index contributed by atoms with van der Waals surface area (Å²) < 4.78 is 30.8. The van der Waals surface area contributed by atoms with E-state index in [2.05, 4.69) is 16.0 Å². The quantitative estimate of drug-likeness (QED) is 0.388. The summed E-state index contributed by atoms with van der Waals surface area (Å²) >= 11 is 12.3. The second kappa shape index (κ2) is 10.3. The van der Waals surface area contributed by atoms with Crippen LogP contribution in [0.3, 0.4) is 0 Å². The van der Waals surface area contributed by atoms with Crippen molar-refractivity contribution in [3.05, 3.63) is 63.1 Å². The minimum atomic E-state index is -1.52. The number of fused-ring (bicyclic) bond motifs is 2. The van der Waals surface area contributed by atoms with Crippen molar-refractivity contribution in [2.45, 2.75) is 88.4 Å². The molecule has 1 spiro atoms. The summed E-state index contributed by atoms with van der Waals surface area (Å²) in [5, 5.41) is 18.9. The predicted molar refractivity (Wildman–Crippen MR) is 147 cm³/mol. The van der Waals surface area contributed by atoms with Crippen molar-refractivity contribution in [1.29, 1.82) is 0 Å². The SMILES string of the molecule is CC(C)(C)C[C@@H]1N[C@@H](C(=O)N[C@H]2CC[C@@H](O)CC2)[C@H](c2cccc(Cl)c2F)[C@]12C(=O)Nc1cc(Cl)c(F)cc12. The van der Waals surface area contributed by atoms with Gasteiger partial charge in [-0.1, -0.05) is 56.1 Å². The third kappa shape index (κ3) is 4.94. The summed E-state index contributed by atoms with van der Waals surface area (Å²) in [5.41, 5.74) is -1.06. The Bertz CT molecular complexity index is 1310. The van der Waals surface area contributed by atoms with Gasteiger partial charge in [0.2, 0.25) is 11.8 Å². The second-order valence-electron chi connectivity index (χ2n) is 12.2. The lowest BCUT2D eigenvalue weighted by molar-refractivity contribution is -0.124. The standard InChI is InChI=1S/C29H33Cl2F2N3O3/c1-28(2,3)13-22-29(17-11-20(32)19(31)12-21(17)35-27(29)39)23(16-5-4-6-18(30)24(16)33)25(36-22)26(38)34-14-7-9-15(37)10-8-14/h4-6,11-12,14-15,22-23,25,36-37H,7-10,13H2,1-3H3,(H,34,38)(H,35,39)/t14-,15+,22-,23-,25+,29+/m0/s1. The van der Waals surface area contributed by atoms with Gasteiger partial charge >= 0.3 is 0 Å². The molecule has 4 atom stereocenters. The molecule has 2 aromatic carbocycles. The number of benzene rings is 2. The van der Waals surface area contributed by atoms with Crippen LogP contribution in [0.15, 0.2) is 30.3 Å². The van der Waals surface area contributed by atoms with Gasteiger partial charge in [0.25, 0.3) is 0 Å². The van der Waals surface area contributed by atoms with Gasteiger partial charge in [-0.3, -0.25) is 9.59 Å². The van der Waals surface area contributed by atoms with Crippen molar-refractivity contribution in [3.63, 3.8) is 0 Å². The number of hydrogen-bond acceptors (Lipinski definition) is 4. The predicted octanol–water partition coefficient (Wildman–Crippen LogP) is 5.44. The Balaban J connectivity index is 1.69. The minimum Gasteiger partial charge on any atom is -0.393 e. The number of carbonyl (C=O) groups is 2. The lowest BCUT2D eigenvalue weighted by atomic mass is 9.62. The molecular formula is C29H33Cl2F2N3O3. The van der Waals surface area contributed by atoms with Gasteiger partial charge in [-0.15, -0.1) is 0 Å². The highest BCUT2D eigenvalue weighted by Crippen LogP contribution is 2.57. The van der Waals surface area contributed by atoms with E-state index in [1.807, 2.05) is 20.8 Å². The number of anilines is 1. The summed E-state index contributed by atoms with van der Waals surface area (Å²) in [5.74, 6) is -3.32. The van der Waals surface area contributed by atoms with Crippen LogP contribution in [0.25, 0.3) is 0 Å². The van der Waals surface area contributed by atoms with E-state index in [9.17, 15) is 19.1 Å². The lowest BCUT2D eigenvalue weighted by Gasteiger charge is -2.38. The topological polar surface area (TPSA) is 90.5 Å². The van der Waals surface area contributed by atoms with E-state index < -0.39 is 47.1 Å². The molecule has 1 aliphatic carbocycles. The van der Waals surface area contributed by atoms with Crippen molar-refractivity contribution < 1.29 is 23.5 Å². The number of halogens is 4. The Kier molecular flexibility index (Phi) is 7.46. The number of aliphatic hydroxyl groups excluding tert-OH is 1. The van der Waals surface area contributed by atoms with Crippen LogP contribution >= 0.6 is 23.2 Å². The highest BCUT2D eigenvalue weighted by Gasteiger charge is 2.66. The fourth-order valence-corrected chi connectivity index (χ4v) is 7.02. The molecule has 2 heterocycles. The summed E-state index contributed by atoms with van der Waals surface area (Å²) in [6.07, 6.45) is 2.40. The molecule has 0 bridgehead atoms. The third-order valence-corrected chi connectivity index (χ3v) is 8.92. The van der Waals surface area contributed by atoms with Crippen LogP contribution in [-0.4, -0.2) is 41.2 Å². The molecule has 5 rings (SSSR count). The minimum absolute atomic E-state index is 0.101. The number of rotatable bonds is 4. The maximum atomic E-state index is 15.8. The first-order chi connectivity index (χ1) is 18.3. The van der Waals surface area contributed by atoms with E-state index in [1.54, 1.807) is 6.07 Å². The Hall–Kier alpha value is -2.26. The molecule has 0 unspecified atom stereocenters. The van der Waals surface area contributed by atoms with Gasteiger partial charge in [-0.25, -0.2) is 8.78 Å². The fourth-order valence-electron chi connectivity index (χ4n) is 6.68. The molecule has 2 aromatic rings. The monoisotopic (exact) mass is 579 g/mol. The van der Waals surface area contributed by atoms with Crippen molar-refractivity contribution in [1.82, 2.24) is 10.6 Å². The van der Waals surface area contributed by atoms with Crippen molar-refractivity contribution in [2.75, 3.05) is 5.32 Å². The van der Waals surface area contributed by atoms with E-state index in [0.29, 0.717) is 43.4 Å². The van der Waals surface area contributed by atoms with Crippen LogP contribution in [0.4, 0.5) is 14.5 Å². The summed E-state index contributed by atoms with van der Waals surface area (Å²) in [4.78, 5) is 28.1. The zero-order valence-electron chi connectivity index (χ0n) is 22.1. The van der Waals surface area contributed by atoms with Crippen LogP contribution in [0, 0.1) is 17.0 Å². The summed E-state index contributed by atoms with van der Waals surface area (Å²) in [6, 6.07) is 5.28. The molecule has 210 valence electrons. The van der Waals surface area contributed by atoms with Gasteiger partial charge < -0.3 is 21.1 Å². The molecule has 3 aliphatic rings. The zero-order valence-corrected chi connectivity index (χ0v) is 23.6. The molecule has 39 heavy (non-hydrogen) atoms. The van der Waals surface area contributed by atoms with E-state index in [0.717, 1.165) is 0 Å². The average molecular weight is 581 g/mol. The zero-order chi connectivity index (χ0) is 28.3. The van der Waals surface area contributed by atoms with Gasteiger partial charge in [0.1, 0.15) is 17.0 Å². The van der Waals surface area contributed by atoms with E-state index in [1.165, 1.54) is 24.3 Å². The number of hydrogen-bond donors (Lipinski definition) is 4. The molecule has 2 aliphatic heterocycles. The molecule has 0 aromatic heterocycles. The number of nitrogens with one attached hydrogen (secondary N) is 3. The third-order valence-electron chi connectivity index (χ3n) is 8.34. The first kappa shape index (κ1) is 28.3. The Morgan fingerprint density at radius 1 is 1.13 bits per heavy atom. The van der Waals surface area contributed by atoms with Crippen LogP contribution in [0.5, 0.6) is 0 Å². The average Bonchev–Trinajstić information content (AvgIpc) is 3.32. The number of amides is 2. The maximum absolute atomic E-state index is 15.8. The van der Waals surface area contributed by atoms with Crippen LogP contribution in [0.1, 0.15) is 69.9 Å². The fraction of sp³-hybridized carbons (Fsp3) is 0.517. The molecule has 0 radical (unpaired) electrons. The largest absolute Gasteiger partial charge is 0.393 e. The number of aliphatic hydroxyl groups is 1. The lowest BCUT2D eigenvalue weighted by Crippen LogP contribution is -2.50. The number of carbonyl (C=O) groups excluding carboxylic acids is 2. The highest BCUT2D eigenvalue weighted by molar-refractivity contribution is 6.31. The van der Waals surface area contributed by atoms with Gasteiger partial charge in [0.05, 0.1) is 22.2 Å². The molecule has 1 saturated heterocycles.